The van der Waals surface area contributed by atoms with Gasteiger partial charge in [-0.05, 0) is 42.8 Å². The van der Waals surface area contributed by atoms with Crippen LogP contribution >= 0.6 is 23.2 Å². The van der Waals surface area contributed by atoms with Gasteiger partial charge in [-0.3, -0.25) is 14.5 Å². The second kappa shape index (κ2) is 8.40. The van der Waals surface area contributed by atoms with Gasteiger partial charge in [-0.2, -0.15) is 0 Å². The topological polar surface area (TPSA) is 73.0 Å². The number of nitrogens with one attached hydrogen (secondary N) is 1. The average molecular weight is 461 g/mol. The molecule has 0 bridgehead atoms. The van der Waals surface area contributed by atoms with E-state index in [0.29, 0.717) is 41.8 Å². The first-order valence-electron chi connectivity index (χ1n) is 9.96. The van der Waals surface area contributed by atoms with E-state index in [1.807, 2.05) is 24.3 Å². The molecular formula is C22H22Cl2N4O3. The van der Waals surface area contributed by atoms with Gasteiger partial charge in [0.2, 0.25) is 5.91 Å². The number of benzene rings is 2. The molecule has 0 radical (unpaired) electrons. The number of amides is 4. The highest BCUT2D eigenvalue weighted by atomic mass is 35.5. The monoisotopic (exact) mass is 460 g/mol. The lowest BCUT2D eigenvalue weighted by Gasteiger charge is -2.36. The van der Waals surface area contributed by atoms with Crippen LogP contribution in [0.15, 0.2) is 48.5 Å². The third-order valence-corrected chi connectivity index (χ3v) is 6.28. The summed E-state index contributed by atoms with van der Waals surface area (Å²) in [5, 5.41) is 3.91. The Labute approximate surface area is 190 Å². The van der Waals surface area contributed by atoms with Crippen LogP contribution in [0.2, 0.25) is 10.0 Å². The molecule has 1 atom stereocenters. The van der Waals surface area contributed by atoms with E-state index in [-0.39, 0.29) is 12.5 Å². The molecule has 7 nitrogen and oxygen atoms in total. The molecule has 2 saturated heterocycles. The van der Waals surface area contributed by atoms with E-state index in [9.17, 15) is 14.4 Å². The Hall–Kier alpha value is -2.77. The van der Waals surface area contributed by atoms with Gasteiger partial charge >= 0.3 is 6.03 Å². The van der Waals surface area contributed by atoms with E-state index >= 15 is 0 Å². The number of carbonyl (C=O) groups is 3. The zero-order valence-electron chi connectivity index (χ0n) is 17.0. The summed E-state index contributed by atoms with van der Waals surface area (Å²) in [5.41, 5.74) is 0.389. The lowest BCUT2D eigenvalue weighted by Crippen LogP contribution is -2.52. The van der Waals surface area contributed by atoms with Gasteiger partial charge in [-0.25, -0.2) is 4.79 Å². The molecule has 2 fully saturated rings. The van der Waals surface area contributed by atoms with Crippen LogP contribution < -0.4 is 10.2 Å². The molecule has 0 spiro atoms. The first kappa shape index (κ1) is 21.5. The second-order valence-electron chi connectivity index (χ2n) is 7.80. The van der Waals surface area contributed by atoms with Crippen molar-refractivity contribution in [2.45, 2.75) is 12.5 Å². The molecule has 31 heavy (non-hydrogen) atoms. The number of imide groups is 1. The smallest absolute Gasteiger partial charge is 0.325 e. The molecule has 2 heterocycles. The van der Waals surface area contributed by atoms with Crippen molar-refractivity contribution in [3.05, 3.63) is 64.1 Å². The third kappa shape index (κ3) is 4.20. The van der Waals surface area contributed by atoms with Crippen LogP contribution in [0.3, 0.4) is 0 Å². The van der Waals surface area contributed by atoms with Crippen LogP contribution in [-0.2, 0) is 15.1 Å². The van der Waals surface area contributed by atoms with Crippen molar-refractivity contribution in [3.63, 3.8) is 0 Å². The summed E-state index contributed by atoms with van der Waals surface area (Å²) in [5.74, 6) is -0.708. The zero-order chi connectivity index (χ0) is 22.2. The highest BCUT2D eigenvalue weighted by molar-refractivity contribution is 6.31. The van der Waals surface area contributed by atoms with E-state index < -0.39 is 17.5 Å². The van der Waals surface area contributed by atoms with Gasteiger partial charge in [-0.15, -0.1) is 0 Å². The fourth-order valence-corrected chi connectivity index (χ4v) is 4.25. The van der Waals surface area contributed by atoms with Crippen LogP contribution in [0.25, 0.3) is 0 Å². The lowest BCUT2D eigenvalue weighted by molar-refractivity contribution is -0.139. The predicted molar refractivity (Wildman–Crippen MR) is 119 cm³/mol. The van der Waals surface area contributed by atoms with Crippen LogP contribution in [0.5, 0.6) is 0 Å². The van der Waals surface area contributed by atoms with Crippen molar-refractivity contribution in [1.82, 2.24) is 15.1 Å². The van der Waals surface area contributed by atoms with Gasteiger partial charge in [-0.1, -0.05) is 41.4 Å². The molecule has 0 saturated carbocycles. The number of hydrogen-bond acceptors (Lipinski definition) is 4. The average Bonchev–Trinajstić information content (AvgIpc) is 2.98. The lowest BCUT2D eigenvalue weighted by atomic mass is 9.92. The standard InChI is InChI=1S/C22H22Cl2N4O3/c1-22(15-5-7-16(23)8-6-15)20(30)28(21(31)25-22)14-19(29)27-11-9-26(10-12-27)18-4-2-3-17(24)13-18/h2-8,13H,9-12,14H2,1H3,(H,25,31). The molecule has 2 aromatic rings. The molecule has 9 heteroatoms. The second-order valence-corrected chi connectivity index (χ2v) is 8.67. The Morgan fingerprint density at radius 3 is 2.32 bits per heavy atom. The van der Waals surface area contributed by atoms with Gasteiger partial charge in [0.15, 0.2) is 0 Å². The molecule has 0 aromatic heterocycles. The molecule has 2 aromatic carbocycles. The van der Waals surface area contributed by atoms with Gasteiger partial charge in [0.25, 0.3) is 5.91 Å². The Bertz CT molecular complexity index is 1020. The fourth-order valence-electron chi connectivity index (χ4n) is 3.94. The highest BCUT2D eigenvalue weighted by Gasteiger charge is 2.49. The van der Waals surface area contributed by atoms with Crippen LogP contribution in [0.4, 0.5) is 10.5 Å². The normalized spacial score (nSPS) is 21.5. The quantitative estimate of drug-likeness (QED) is 0.711. The van der Waals surface area contributed by atoms with Gasteiger partial charge in [0, 0.05) is 41.9 Å². The number of urea groups is 1. The van der Waals surface area contributed by atoms with Gasteiger partial charge in [0.1, 0.15) is 12.1 Å². The summed E-state index contributed by atoms with van der Waals surface area (Å²) in [7, 11) is 0. The number of piperazine rings is 1. The first-order valence-corrected chi connectivity index (χ1v) is 10.7. The van der Waals surface area contributed by atoms with E-state index in [1.54, 1.807) is 36.1 Å². The van der Waals surface area contributed by atoms with Gasteiger partial charge < -0.3 is 15.1 Å². The maximum atomic E-state index is 13.0. The van der Waals surface area contributed by atoms with Gasteiger partial charge in [0.05, 0.1) is 0 Å². The summed E-state index contributed by atoms with van der Waals surface area (Å²) in [6, 6.07) is 13.7. The molecule has 4 amide bonds. The summed E-state index contributed by atoms with van der Waals surface area (Å²) in [6.45, 7) is 3.64. The number of nitrogens with zero attached hydrogens (tertiary/aromatic N) is 3. The number of anilines is 1. The Morgan fingerprint density at radius 2 is 1.68 bits per heavy atom. The molecular weight excluding hydrogens is 439 g/mol. The first-order chi connectivity index (χ1) is 14.8. The number of carbonyl (C=O) groups excluding carboxylic acids is 3. The van der Waals surface area contributed by atoms with Crippen molar-refractivity contribution < 1.29 is 14.4 Å². The highest BCUT2D eigenvalue weighted by Crippen LogP contribution is 2.29. The summed E-state index contributed by atoms with van der Waals surface area (Å²) < 4.78 is 0. The van der Waals surface area contributed by atoms with Crippen molar-refractivity contribution in [2.75, 3.05) is 37.6 Å². The van der Waals surface area contributed by atoms with Crippen molar-refractivity contribution >= 4 is 46.7 Å². The maximum Gasteiger partial charge on any atom is 0.325 e. The van der Waals surface area contributed by atoms with E-state index in [2.05, 4.69) is 10.2 Å². The summed E-state index contributed by atoms with van der Waals surface area (Å²) >= 11 is 12.0. The van der Waals surface area contributed by atoms with E-state index in [1.165, 1.54) is 0 Å². The molecule has 2 aliphatic heterocycles. The number of halogens is 2. The number of hydrogen-bond donors (Lipinski definition) is 1. The molecule has 1 N–H and O–H groups in total. The largest absolute Gasteiger partial charge is 0.368 e. The van der Waals surface area contributed by atoms with Crippen LogP contribution in [-0.4, -0.2) is 60.4 Å². The fraction of sp³-hybridized carbons (Fsp3) is 0.318. The SMILES string of the molecule is CC1(c2ccc(Cl)cc2)NC(=O)N(CC(=O)N2CCN(c3cccc(Cl)c3)CC2)C1=O. The van der Waals surface area contributed by atoms with Crippen LogP contribution in [0, 0.1) is 0 Å². The minimum Gasteiger partial charge on any atom is -0.368 e. The molecule has 162 valence electrons. The molecule has 4 rings (SSSR count). The zero-order valence-corrected chi connectivity index (χ0v) is 18.5. The van der Waals surface area contributed by atoms with E-state index in [4.69, 9.17) is 23.2 Å². The Balaban J connectivity index is 1.39. The predicted octanol–water partition coefficient (Wildman–Crippen LogP) is 3.11. The van der Waals surface area contributed by atoms with E-state index in [0.717, 1.165) is 10.6 Å². The Morgan fingerprint density at radius 1 is 1.00 bits per heavy atom. The van der Waals surface area contributed by atoms with Crippen molar-refractivity contribution in [3.8, 4) is 0 Å². The summed E-state index contributed by atoms with van der Waals surface area (Å²) in [4.78, 5) is 43.2. The van der Waals surface area contributed by atoms with Crippen LogP contribution in [0.1, 0.15) is 12.5 Å². The molecule has 0 aliphatic carbocycles. The third-order valence-electron chi connectivity index (χ3n) is 5.80. The summed E-state index contributed by atoms with van der Waals surface area (Å²) in [6.07, 6.45) is 0. The number of rotatable bonds is 4. The van der Waals surface area contributed by atoms with Crippen molar-refractivity contribution in [1.29, 1.82) is 0 Å². The Kier molecular flexibility index (Phi) is 5.81. The minimum absolute atomic E-state index is 0.255. The molecule has 2 aliphatic rings. The molecule has 1 unspecified atom stereocenters. The van der Waals surface area contributed by atoms with Crippen molar-refractivity contribution in [2.24, 2.45) is 0 Å². The maximum absolute atomic E-state index is 13.0. The minimum atomic E-state index is -1.23.